The summed E-state index contributed by atoms with van der Waals surface area (Å²) in [5.41, 5.74) is 5.54. The molecule has 19 heavy (non-hydrogen) atoms. The first-order valence-electron chi connectivity index (χ1n) is 5.87. The lowest BCUT2D eigenvalue weighted by Gasteiger charge is -2.17. The Balaban J connectivity index is 2.98. The van der Waals surface area contributed by atoms with E-state index in [1.165, 1.54) is 6.07 Å². The van der Waals surface area contributed by atoms with Gasteiger partial charge in [0.15, 0.2) is 0 Å². The number of carbonyl (C=O) groups excluding carboxylic acids is 1. The predicted octanol–water partition coefficient (Wildman–Crippen LogP) is 2.94. The van der Waals surface area contributed by atoms with Gasteiger partial charge in [-0.25, -0.2) is 0 Å². The second-order valence-electron chi connectivity index (χ2n) is 4.79. The Labute approximate surface area is 110 Å². The van der Waals surface area contributed by atoms with Crippen LogP contribution < -0.4 is 11.1 Å². The monoisotopic (exact) mass is 274 g/mol. The molecule has 3 N–H and O–H groups in total. The van der Waals surface area contributed by atoms with Crippen LogP contribution in [0.15, 0.2) is 18.2 Å². The predicted molar refractivity (Wildman–Crippen MR) is 67.6 cm³/mol. The quantitative estimate of drug-likeness (QED) is 0.890. The van der Waals surface area contributed by atoms with Gasteiger partial charge in [-0.1, -0.05) is 19.9 Å². The van der Waals surface area contributed by atoms with E-state index in [-0.39, 0.29) is 11.6 Å². The summed E-state index contributed by atoms with van der Waals surface area (Å²) in [6.45, 7) is 5.16. The van der Waals surface area contributed by atoms with Gasteiger partial charge in [-0.2, -0.15) is 13.2 Å². The molecular formula is C13H17F3N2O. The van der Waals surface area contributed by atoms with E-state index in [9.17, 15) is 18.0 Å². The molecule has 0 saturated heterocycles. The fourth-order valence-electron chi connectivity index (χ4n) is 1.45. The lowest BCUT2D eigenvalue weighted by molar-refractivity contribution is -0.137. The maximum atomic E-state index is 12.6. The van der Waals surface area contributed by atoms with Gasteiger partial charge < -0.3 is 11.1 Å². The Morgan fingerprint density at radius 3 is 2.37 bits per heavy atom. The van der Waals surface area contributed by atoms with Crippen molar-refractivity contribution in [3.05, 3.63) is 29.3 Å². The van der Waals surface area contributed by atoms with Crippen LogP contribution in [0.2, 0.25) is 0 Å². The summed E-state index contributed by atoms with van der Waals surface area (Å²) >= 11 is 0. The number of nitrogens with one attached hydrogen (secondary N) is 1. The van der Waals surface area contributed by atoms with Gasteiger partial charge in [-0.3, -0.25) is 4.79 Å². The van der Waals surface area contributed by atoms with Crippen LogP contribution in [0.5, 0.6) is 0 Å². The van der Waals surface area contributed by atoms with E-state index >= 15 is 0 Å². The first-order chi connectivity index (χ1) is 8.62. The maximum absolute atomic E-state index is 12.6. The second kappa shape index (κ2) is 5.61. The zero-order chi connectivity index (χ0) is 14.8. The molecule has 0 bridgehead atoms. The summed E-state index contributed by atoms with van der Waals surface area (Å²) in [7, 11) is 0. The van der Waals surface area contributed by atoms with Crippen LogP contribution in [-0.2, 0) is 11.0 Å². The molecule has 0 aliphatic rings. The number of halogens is 3. The van der Waals surface area contributed by atoms with Crippen LogP contribution in [0.1, 0.15) is 25.0 Å². The molecule has 1 rings (SSSR count). The zero-order valence-corrected chi connectivity index (χ0v) is 11.0. The summed E-state index contributed by atoms with van der Waals surface area (Å²) in [4.78, 5) is 11.7. The number of hydrogen-bond acceptors (Lipinski definition) is 2. The molecule has 0 aromatic heterocycles. The molecule has 0 spiro atoms. The minimum absolute atomic E-state index is 0.0916. The van der Waals surface area contributed by atoms with Gasteiger partial charge in [0.05, 0.1) is 11.6 Å². The average Bonchev–Trinajstić information content (AvgIpc) is 2.29. The van der Waals surface area contributed by atoms with Gasteiger partial charge in [0, 0.05) is 5.69 Å². The number of amides is 1. The Morgan fingerprint density at radius 2 is 1.89 bits per heavy atom. The van der Waals surface area contributed by atoms with E-state index in [1.54, 1.807) is 20.8 Å². The van der Waals surface area contributed by atoms with Crippen molar-refractivity contribution in [1.82, 2.24) is 0 Å². The van der Waals surface area contributed by atoms with Gasteiger partial charge >= 0.3 is 6.18 Å². The Morgan fingerprint density at radius 1 is 1.32 bits per heavy atom. The van der Waals surface area contributed by atoms with Crippen LogP contribution in [-0.4, -0.2) is 11.9 Å². The molecule has 6 heteroatoms. The molecule has 0 fully saturated rings. The highest BCUT2D eigenvalue weighted by Crippen LogP contribution is 2.32. The van der Waals surface area contributed by atoms with Gasteiger partial charge in [0.1, 0.15) is 0 Å². The zero-order valence-electron chi connectivity index (χ0n) is 11.0. The van der Waals surface area contributed by atoms with Crippen molar-refractivity contribution >= 4 is 11.6 Å². The van der Waals surface area contributed by atoms with Crippen molar-refractivity contribution < 1.29 is 18.0 Å². The van der Waals surface area contributed by atoms with Crippen molar-refractivity contribution in [2.75, 3.05) is 5.32 Å². The molecule has 0 unspecified atom stereocenters. The van der Waals surface area contributed by atoms with Crippen molar-refractivity contribution in [2.45, 2.75) is 33.0 Å². The molecule has 0 aliphatic carbocycles. The SMILES string of the molecule is Cc1ccc(C(F)(F)F)cc1NC(=O)[C@@H](N)C(C)C. The number of aryl methyl sites for hydroxylation is 1. The van der Waals surface area contributed by atoms with Crippen LogP contribution in [0.4, 0.5) is 18.9 Å². The molecule has 1 amide bonds. The van der Waals surface area contributed by atoms with Crippen LogP contribution in [0.3, 0.4) is 0 Å². The van der Waals surface area contributed by atoms with Crippen molar-refractivity contribution in [1.29, 1.82) is 0 Å². The van der Waals surface area contributed by atoms with Gasteiger partial charge in [-0.15, -0.1) is 0 Å². The number of nitrogens with two attached hydrogens (primary N) is 1. The third-order valence-corrected chi connectivity index (χ3v) is 2.84. The molecular weight excluding hydrogens is 257 g/mol. The van der Waals surface area contributed by atoms with E-state index in [4.69, 9.17) is 5.73 Å². The molecule has 0 aliphatic heterocycles. The third-order valence-electron chi connectivity index (χ3n) is 2.84. The normalized spacial score (nSPS) is 13.5. The Hall–Kier alpha value is -1.56. The smallest absolute Gasteiger partial charge is 0.324 e. The molecule has 106 valence electrons. The first kappa shape index (κ1) is 15.5. The highest BCUT2D eigenvalue weighted by Gasteiger charge is 2.31. The number of rotatable bonds is 3. The minimum Gasteiger partial charge on any atom is -0.324 e. The summed E-state index contributed by atoms with van der Waals surface area (Å²) in [5, 5.41) is 2.44. The summed E-state index contributed by atoms with van der Waals surface area (Å²) in [5.74, 6) is -0.580. The molecule has 1 aromatic rings. The largest absolute Gasteiger partial charge is 0.416 e. The summed E-state index contributed by atoms with van der Waals surface area (Å²) < 4.78 is 37.8. The van der Waals surface area contributed by atoms with E-state index in [0.29, 0.717) is 5.56 Å². The molecule has 3 nitrogen and oxygen atoms in total. The van der Waals surface area contributed by atoms with E-state index in [0.717, 1.165) is 12.1 Å². The minimum atomic E-state index is -4.44. The third kappa shape index (κ3) is 3.96. The molecule has 0 radical (unpaired) electrons. The van der Waals surface area contributed by atoms with E-state index in [1.807, 2.05) is 0 Å². The highest BCUT2D eigenvalue weighted by atomic mass is 19.4. The lowest BCUT2D eigenvalue weighted by Crippen LogP contribution is -2.39. The number of carbonyl (C=O) groups is 1. The Kier molecular flexibility index (Phi) is 4.57. The maximum Gasteiger partial charge on any atom is 0.416 e. The van der Waals surface area contributed by atoms with Gasteiger partial charge in [-0.05, 0) is 30.5 Å². The standard InChI is InChI=1S/C13H17F3N2O/c1-7(2)11(17)12(19)18-10-6-9(13(14,15)16)5-4-8(10)3/h4-7,11H,17H2,1-3H3,(H,18,19)/t11-/m0/s1. The summed E-state index contributed by atoms with van der Waals surface area (Å²) in [6.07, 6.45) is -4.44. The van der Waals surface area contributed by atoms with Gasteiger partial charge in [0.2, 0.25) is 5.91 Å². The van der Waals surface area contributed by atoms with E-state index in [2.05, 4.69) is 5.32 Å². The van der Waals surface area contributed by atoms with Crippen molar-refractivity contribution in [3.8, 4) is 0 Å². The number of hydrogen-bond donors (Lipinski definition) is 2. The topological polar surface area (TPSA) is 55.1 Å². The van der Waals surface area contributed by atoms with E-state index < -0.39 is 23.7 Å². The number of alkyl halides is 3. The highest BCUT2D eigenvalue weighted by molar-refractivity contribution is 5.95. The van der Waals surface area contributed by atoms with Gasteiger partial charge in [0.25, 0.3) is 0 Å². The van der Waals surface area contributed by atoms with Crippen LogP contribution in [0.25, 0.3) is 0 Å². The molecule has 1 atom stereocenters. The lowest BCUT2D eigenvalue weighted by atomic mass is 10.0. The van der Waals surface area contributed by atoms with Crippen LogP contribution in [0, 0.1) is 12.8 Å². The second-order valence-corrected chi connectivity index (χ2v) is 4.79. The van der Waals surface area contributed by atoms with Crippen LogP contribution >= 0.6 is 0 Å². The fourth-order valence-corrected chi connectivity index (χ4v) is 1.45. The van der Waals surface area contributed by atoms with Crippen molar-refractivity contribution in [3.63, 3.8) is 0 Å². The average molecular weight is 274 g/mol. The molecule has 0 heterocycles. The van der Waals surface area contributed by atoms with Crippen molar-refractivity contribution in [2.24, 2.45) is 11.7 Å². The fraction of sp³-hybridized carbons (Fsp3) is 0.462. The molecule has 0 saturated carbocycles. The molecule has 1 aromatic carbocycles. The number of anilines is 1. The number of benzene rings is 1. The Bertz CT molecular complexity index is 469. The summed E-state index contributed by atoms with van der Waals surface area (Å²) in [6, 6.07) is 2.46. The first-order valence-corrected chi connectivity index (χ1v) is 5.87.